The Morgan fingerprint density at radius 3 is 2.48 bits per heavy atom. The zero-order chi connectivity index (χ0) is 30.7. The van der Waals surface area contributed by atoms with Crippen molar-refractivity contribution in [3.63, 3.8) is 0 Å². The van der Waals surface area contributed by atoms with Crippen molar-refractivity contribution in [3.05, 3.63) is 95.7 Å². The molecule has 6 rings (SSSR count). The minimum Gasteiger partial charge on any atom is -0.497 e. The number of aliphatic imine (C=N–C) groups is 1. The van der Waals surface area contributed by atoms with Gasteiger partial charge in [-0.05, 0) is 85.5 Å². The number of methoxy groups -OCH3 is 1. The highest BCUT2D eigenvalue weighted by Gasteiger charge is 2.55. The largest absolute Gasteiger partial charge is 0.497 e. The van der Waals surface area contributed by atoms with Gasteiger partial charge < -0.3 is 20.1 Å². The van der Waals surface area contributed by atoms with E-state index in [1.807, 2.05) is 65.6 Å². The Labute approximate surface area is 258 Å². The minimum absolute atomic E-state index is 0.0759. The van der Waals surface area contributed by atoms with Crippen LogP contribution in [-0.2, 0) is 26.5 Å². The highest BCUT2D eigenvalue weighted by atomic mass is 32.2. The lowest BCUT2D eigenvalue weighted by molar-refractivity contribution is -0.126. The topological polar surface area (TPSA) is 130 Å². The van der Waals surface area contributed by atoms with Gasteiger partial charge in [0.1, 0.15) is 17.6 Å². The Hall–Kier alpha value is -4.62. The molecule has 3 aromatic rings. The second-order valence-corrected chi connectivity index (χ2v) is 14.0. The molecule has 0 atom stereocenters. The molecule has 2 aliphatic heterocycles. The number of nitrogens with two attached hydrogens (primary N) is 1. The minimum atomic E-state index is -2.55. The number of para-hydroxylation sites is 1. The maximum atomic E-state index is 14.3. The van der Waals surface area contributed by atoms with Crippen LogP contribution in [0.25, 0.3) is 0 Å². The summed E-state index contributed by atoms with van der Waals surface area (Å²) in [5, 5.41) is 9.01. The average molecular weight is 610 g/mol. The molecule has 44 heavy (non-hydrogen) atoms. The van der Waals surface area contributed by atoms with Crippen LogP contribution in [0.1, 0.15) is 48.8 Å². The number of carbonyl (C=O) groups is 1. The number of allylic oxidation sites excluding steroid dienone is 1. The van der Waals surface area contributed by atoms with Gasteiger partial charge in [0.05, 0.1) is 45.9 Å². The monoisotopic (exact) mass is 609 g/mol. The van der Waals surface area contributed by atoms with Crippen molar-refractivity contribution < 1.29 is 18.5 Å². The first-order chi connectivity index (χ1) is 21.4. The average Bonchev–Trinajstić information content (AvgIpc) is 3.27. The Balaban J connectivity index is 1.46. The van der Waals surface area contributed by atoms with E-state index >= 15 is 0 Å². The second kappa shape index (κ2) is 12.2. The molecule has 2 N–H and O–H groups in total. The number of hydrogen-bond donors (Lipinski definition) is 1. The van der Waals surface area contributed by atoms with Gasteiger partial charge in [0, 0.05) is 17.1 Å². The van der Waals surface area contributed by atoms with E-state index in [2.05, 4.69) is 10.4 Å². The zero-order valence-corrected chi connectivity index (χ0v) is 25.5. The van der Waals surface area contributed by atoms with Gasteiger partial charge in [0.2, 0.25) is 12.1 Å². The van der Waals surface area contributed by atoms with Crippen molar-refractivity contribution in [3.8, 4) is 17.7 Å². The summed E-state index contributed by atoms with van der Waals surface area (Å²) < 4.78 is 28.7. The first-order valence-corrected chi connectivity index (χ1v) is 16.7. The fourth-order valence-electron chi connectivity index (χ4n) is 6.31. The van der Waals surface area contributed by atoms with Gasteiger partial charge in [-0.3, -0.25) is 4.79 Å². The number of anilines is 1. The maximum Gasteiger partial charge on any atom is 0.238 e. The van der Waals surface area contributed by atoms with Crippen molar-refractivity contribution in [2.24, 2.45) is 15.1 Å². The quantitative estimate of drug-likeness (QED) is 0.256. The molecule has 1 saturated carbocycles. The predicted octanol–water partition coefficient (Wildman–Crippen LogP) is 5.75. The highest BCUT2D eigenvalue weighted by molar-refractivity contribution is 7.93. The number of nitrogens with zero attached hydrogens (tertiary/aromatic N) is 4. The van der Waals surface area contributed by atoms with Gasteiger partial charge in [-0.15, -0.1) is 4.36 Å². The van der Waals surface area contributed by atoms with Crippen LogP contribution in [0.2, 0.25) is 0 Å². The summed E-state index contributed by atoms with van der Waals surface area (Å²) in [7, 11) is -0.924. The molecule has 0 bridgehead atoms. The predicted molar refractivity (Wildman–Crippen MR) is 172 cm³/mol. The molecule has 10 heteroatoms. The van der Waals surface area contributed by atoms with E-state index in [-0.39, 0.29) is 12.0 Å². The smallest absolute Gasteiger partial charge is 0.238 e. The summed E-state index contributed by atoms with van der Waals surface area (Å²) in [6, 6.07) is 21.4. The number of ether oxygens (including phenoxy) is 2. The number of carbonyl (C=O) groups excluding carboxylic acids is 1. The van der Waals surface area contributed by atoms with Crippen LogP contribution in [0, 0.1) is 11.5 Å². The molecule has 9 nitrogen and oxygen atoms in total. The lowest BCUT2D eigenvalue weighted by Gasteiger charge is -2.37. The van der Waals surface area contributed by atoms with Crippen LogP contribution in [0.15, 0.2) is 88.4 Å². The summed E-state index contributed by atoms with van der Waals surface area (Å²) in [6.07, 6.45) is 8.18. The fraction of sp³-hybridized carbons (Fsp3) is 0.324. The molecule has 1 amide bonds. The molecule has 3 aliphatic rings. The van der Waals surface area contributed by atoms with E-state index in [4.69, 9.17) is 25.5 Å². The van der Waals surface area contributed by atoms with E-state index in [1.165, 1.54) is 6.20 Å². The number of amides is 1. The Morgan fingerprint density at radius 2 is 1.86 bits per heavy atom. The number of nitriles is 1. The normalized spacial score (nSPS) is 22.4. The second-order valence-electron chi connectivity index (χ2n) is 11.4. The molecule has 1 spiro atoms. The SMILES string of the molecule is COc1ccc(CN2C(=O)C3(CCC3)c3cc(C(C=CN)=Nc4ccccc4)cc(OC4CCS(=O)(=NC#N)CC4)c32)cc1. The molecule has 2 heterocycles. The van der Waals surface area contributed by atoms with Gasteiger partial charge in [-0.2, -0.15) is 5.26 Å². The lowest BCUT2D eigenvalue weighted by Crippen LogP contribution is -2.44. The third-order valence-corrected chi connectivity index (χ3v) is 11.0. The van der Waals surface area contributed by atoms with Crippen molar-refractivity contribution in [1.29, 1.82) is 5.26 Å². The van der Waals surface area contributed by atoms with Gasteiger partial charge in [0.25, 0.3) is 0 Å². The molecule has 0 unspecified atom stereocenters. The molecule has 2 fully saturated rings. The van der Waals surface area contributed by atoms with Crippen molar-refractivity contribution >= 4 is 32.7 Å². The molecular weight excluding hydrogens is 574 g/mol. The summed E-state index contributed by atoms with van der Waals surface area (Å²) in [6.45, 7) is 0.389. The maximum absolute atomic E-state index is 14.3. The van der Waals surface area contributed by atoms with E-state index < -0.39 is 15.1 Å². The number of rotatable bonds is 8. The molecular formula is C34H35N5O4S. The summed E-state index contributed by atoms with van der Waals surface area (Å²) in [5.41, 5.74) is 10.2. The van der Waals surface area contributed by atoms with E-state index in [0.717, 1.165) is 53.1 Å². The van der Waals surface area contributed by atoms with Crippen LogP contribution < -0.4 is 20.1 Å². The summed E-state index contributed by atoms with van der Waals surface area (Å²) in [5.74, 6) is 2.00. The third-order valence-electron chi connectivity index (χ3n) is 8.80. The van der Waals surface area contributed by atoms with Gasteiger partial charge in [-0.25, -0.2) is 9.20 Å². The first kappa shape index (κ1) is 29.5. The molecule has 3 aromatic carbocycles. The number of fused-ring (bicyclic) bond motifs is 2. The van der Waals surface area contributed by atoms with Gasteiger partial charge in [0.15, 0.2) is 0 Å². The van der Waals surface area contributed by atoms with E-state index in [0.29, 0.717) is 42.4 Å². The highest BCUT2D eigenvalue weighted by Crippen LogP contribution is 2.57. The molecule has 0 radical (unpaired) electrons. The number of benzene rings is 3. The van der Waals surface area contributed by atoms with Gasteiger partial charge in [-0.1, -0.05) is 36.8 Å². The zero-order valence-electron chi connectivity index (χ0n) is 24.6. The fourth-order valence-corrected chi connectivity index (χ4v) is 8.11. The molecule has 1 saturated heterocycles. The number of hydrogen-bond acceptors (Lipinski definition) is 8. The van der Waals surface area contributed by atoms with Gasteiger partial charge >= 0.3 is 0 Å². The van der Waals surface area contributed by atoms with Crippen LogP contribution in [-0.4, -0.2) is 40.5 Å². The van der Waals surface area contributed by atoms with Crippen molar-refractivity contribution in [2.45, 2.75) is 50.2 Å². The van der Waals surface area contributed by atoms with Crippen LogP contribution in [0.3, 0.4) is 0 Å². The standard InChI is InChI=1S/C34H35N5O4S/c1-42-27-10-8-24(9-11-27)22-39-32-29(34(33(39)40)15-5-16-34)20-25(30(12-17-35)38-26-6-3-2-4-7-26)21-31(32)43-28-13-18-44(41,19-14-28)37-23-36/h2-4,6-12,17,20-21,28H,5,13-16,18-19,22,35H2,1H3. The van der Waals surface area contributed by atoms with E-state index in [9.17, 15) is 9.00 Å². The van der Waals surface area contributed by atoms with Crippen molar-refractivity contribution in [1.82, 2.24) is 0 Å². The molecule has 226 valence electrons. The van der Waals surface area contributed by atoms with Crippen LogP contribution >= 0.6 is 0 Å². The Bertz CT molecular complexity index is 1770. The molecule has 0 aromatic heterocycles. The first-order valence-electron chi connectivity index (χ1n) is 14.8. The van der Waals surface area contributed by atoms with Crippen LogP contribution in [0.4, 0.5) is 11.4 Å². The van der Waals surface area contributed by atoms with Crippen LogP contribution in [0.5, 0.6) is 11.5 Å². The third kappa shape index (κ3) is 5.55. The summed E-state index contributed by atoms with van der Waals surface area (Å²) in [4.78, 5) is 21.0. The lowest BCUT2D eigenvalue weighted by atomic mass is 9.65. The van der Waals surface area contributed by atoms with E-state index in [1.54, 1.807) is 19.4 Å². The Kier molecular flexibility index (Phi) is 8.15. The Morgan fingerprint density at radius 1 is 1.14 bits per heavy atom. The van der Waals surface area contributed by atoms with Crippen molar-refractivity contribution in [2.75, 3.05) is 23.5 Å². The summed E-state index contributed by atoms with van der Waals surface area (Å²) >= 11 is 0. The molecule has 1 aliphatic carbocycles.